The molecule has 0 radical (unpaired) electrons. The number of carbonyl (C=O) groups is 1. The molecular weight excluding hydrogens is 386 g/mol. The fourth-order valence-electron chi connectivity index (χ4n) is 4.04. The molecule has 4 heterocycles. The number of piperazine rings is 1. The Morgan fingerprint density at radius 1 is 1.17 bits per heavy atom. The van der Waals surface area contributed by atoms with Gasteiger partial charge in [-0.05, 0) is 43.2 Å². The van der Waals surface area contributed by atoms with E-state index in [-0.39, 0.29) is 0 Å². The number of rotatable bonds is 7. The van der Waals surface area contributed by atoms with E-state index in [2.05, 4.69) is 31.8 Å². The number of aromatic nitrogens is 2. The Bertz CT molecular complexity index is 762. The van der Waals surface area contributed by atoms with Gasteiger partial charge in [0.05, 0.1) is 11.4 Å². The second-order valence-corrected chi connectivity index (χ2v) is 9.22. The van der Waals surface area contributed by atoms with Gasteiger partial charge in [-0.3, -0.25) is 9.69 Å². The average molecular weight is 418 g/mol. The Morgan fingerprint density at radius 3 is 2.66 bits per heavy atom. The summed E-state index contributed by atoms with van der Waals surface area (Å²) in [5.41, 5.74) is 0. The predicted molar refractivity (Wildman–Crippen MR) is 114 cm³/mol. The summed E-state index contributed by atoms with van der Waals surface area (Å²) in [4.78, 5) is 24.9. The Balaban J connectivity index is 1.13. The standard InChI is InChI=1S/C21H31N5O2S/c1-17-6-9-26(10-7-17)20(27)16-25-13-11-24(12-14-25)8-2-5-19-22-21(23-28-19)18-4-3-15-29-18/h3-4,15,17H,2,5-14,16H2,1H3. The molecule has 7 nitrogen and oxygen atoms in total. The van der Waals surface area contributed by atoms with Crippen LogP contribution in [0, 0.1) is 5.92 Å². The van der Waals surface area contributed by atoms with Gasteiger partial charge in [-0.15, -0.1) is 11.3 Å². The maximum atomic E-state index is 12.5. The smallest absolute Gasteiger partial charge is 0.236 e. The first-order valence-corrected chi connectivity index (χ1v) is 11.6. The molecule has 0 atom stereocenters. The molecule has 0 aliphatic carbocycles. The van der Waals surface area contributed by atoms with E-state index < -0.39 is 0 Å². The van der Waals surface area contributed by atoms with Crippen LogP contribution >= 0.6 is 11.3 Å². The molecule has 0 bridgehead atoms. The average Bonchev–Trinajstić information content (AvgIpc) is 3.41. The molecule has 0 saturated carbocycles. The SMILES string of the molecule is CC1CCN(C(=O)CN2CCN(CCCc3nc(-c4cccs4)no3)CC2)CC1. The molecule has 8 heteroatoms. The Morgan fingerprint density at radius 2 is 1.93 bits per heavy atom. The lowest BCUT2D eigenvalue weighted by atomic mass is 9.99. The summed E-state index contributed by atoms with van der Waals surface area (Å²) in [5, 5.41) is 6.09. The van der Waals surface area contributed by atoms with Crippen LogP contribution in [0.2, 0.25) is 0 Å². The van der Waals surface area contributed by atoms with E-state index in [1.807, 2.05) is 17.5 Å². The number of aryl methyl sites for hydroxylation is 1. The number of likely N-dealkylation sites (tertiary alicyclic amines) is 1. The molecule has 0 spiro atoms. The van der Waals surface area contributed by atoms with Gasteiger partial charge in [-0.2, -0.15) is 4.98 Å². The maximum absolute atomic E-state index is 12.5. The summed E-state index contributed by atoms with van der Waals surface area (Å²) >= 11 is 1.62. The van der Waals surface area contributed by atoms with Gasteiger partial charge >= 0.3 is 0 Å². The second-order valence-electron chi connectivity index (χ2n) is 8.27. The molecule has 2 fully saturated rings. The molecular formula is C21H31N5O2S. The van der Waals surface area contributed by atoms with Gasteiger partial charge in [0.25, 0.3) is 0 Å². The number of piperidine rings is 1. The highest BCUT2D eigenvalue weighted by molar-refractivity contribution is 7.13. The Labute approximate surface area is 176 Å². The van der Waals surface area contributed by atoms with Crippen LogP contribution in [0.3, 0.4) is 0 Å². The van der Waals surface area contributed by atoms with Crippen molar-refractivity contribution in [2.75, 3.05) is 52.4 Å². The Kier molecular flexibility index (Phi) is 6.94. The quantitative estimate of drug-likeness (QED) is 0.690. The molecule has 2 aliphatic heterocycles. The van der Waals surface area contributed by atoms with Crippen molar-refractivity contribution in [3.8, 4) is 10.7 Å². The van der Waals surface area contributed by atoms with E-state index in [1.165, 1.54) is 0 Å². The molecule has 2 aromatic rings. The third kappa shape index (κ3) is 5.65. The normalized spacial score (nSPS) is 19.7. The van der Waals surface area contributed by atoms with Gasteiger partial charge in [-0.25, -0.2) is 0 Å². The number of thiophene rings is 1. The number of hydrogen-bond acceptors (Lipinski definition) is 7. The fraction of sp³-hybridized carbons (Fsp3) is 0.667. The lowest BCUT2D eigenvalue weighted by Crippen LogP contribution is -2.51. The third-order valence-corrected chi connectivity index (χ3v) is 6.90. The van der Waals surface area contributed by atoms with Crippen molar-refractivity contribution >= 4 is 17.2 Å². The van der Waals surface area contributed by atoms with E-state index in [9.17, 15) is 4.79 Å². The summed E-state index contributed by atoms with van der Waals surface area (Å²) in [6.45, 7) is 9.75. The molecule has 29 heavy (non-hydrogen) atoms. The van der Waals surface area contributed by atoms with Crippen molar-refractivity contribution in [1.82, 2.24) is 24.8 Å². The van der Waals surface area contributed by atoms with Crippen LogP contribution < -0.4 is 0 Å². The molecule has 0 aromatic carbocycles. The minimum absolute atomic E-state index is 0.309. The number of carbonyl (C=O) groups excluding carboxylic acids is 1. The van der Waals surface area contributed by atoms with Crippen LogP contribution in [0.1, 0.15) is 32.1 Å². The summed E-state index contributed by atoms with van der Waals surface area (Å²) in [6.07, 6.45) is 4.12. The van der Waals surface area contributed by atoms with Crippen molar-refractivity contribution < 1.29 is 9.32 Å². The van der Waals surface area contributed by atoms with Crippen LogP contribution in [0.4, 0.5) is 0 Å². The third-order valence-electron chi connectivity index (χ3n) is 6.03. The summed E-state index contributed by atoms with van der Waals surface area (Å²) < 4.78 is 5.38. The van der Waals surface area contributed by atoms with E-state index in [4.69, 9.17) is 4.52 Å². The van der Waals surface area contributed by atoms with Crippen molar-refractivity contribution in [3.05, 3.63) is 23.4 Å². The lowest BCUT2D eigenvalue weighted by Gasteiger charge is -2.36. The minimum atomic E-state index is 0.309. The largest absolute Gasteiger partial charge is 0.342 e. The number of nitrogens with zero attached hydrogens (tertiary/aromatic N) is 5. The lowest BCUT2D eigenvalue weighted by molar-refractivity contribution is -0.134. The highest BCUT2D eigenvalue weighted by Gasteiger charge is 2.24. The second kappa shape index (κ2) is 9.82. The first kappa shape index (κ1) is 20.5. The maximum Gasteiger partial charge on any atom is 0.236 e. The first-order valence-electron chi connectivity index (χ1n) is 10.8. The number of amides is 1. The zero-order chi connectivity index (χ0) is 20.1. The molecule has 2 saturated heterocycles. The van der Waals surface area contributed by atoms with Crippen LogP contribution in [0.25, 0.3) is 10.7 Å². The van der Waals surface area contributed by atoms with E-state index in [0.29, 0.717) is 24.2 Å². The highest BCUT2D eigenvalue weighted by Crippen LogP contribution is 2.21. The van der Waals surface area contributed by atoms with Crippen LogP contribution in [0.15, 0.2) is 22.0 Å². The van der Waals surface area contributed by atoms with Gasteiger partial charge in [-0.1, -0.05) is 18.1 Å². The summed E-state index contributed by atoms with van der Waals surface area (Å²) in [6, 6.07) is 4.01. The van der Waals surface area contributed by atoms with Crippen LogP contribution in [0.5, 0.6) is 0 Å². The fourth-order valence-corrected chi connectivity index (χ4v) is 4.69. The van der Waals surface area contributed by atoms with Gasteiger partial charge in [0, 0.05) is 45.7 Å². The van der Waals surface area contributed by atoms with Gasteiger partial charge < -0.3 is 14.3 Å². The summed E-state index contributed by atoms with van der Waals surface area (Å²) in [7, 11) is 0. The van der Waals surface area contributed by atoms with Crippen molar-refractivity contribution in [2.45, 2.75) is 32.6 Å². The van der Waals surface area contributed by atoms with Crippen LogP contribution in [-0.2, 0) is 11.2 Å². The number of hydrogen-bond donors (Lipinski definition) is 0. The molecule has 0 unspecified atom stereocenters. The molecule has 4 rings (SSSR count). The van der Waals surface area contributed by atoms with E-state index >= 15 is 0 Å². The monoisotopic (exact) mass is 417 g/mol. The predicted octanol–water partition coefficient (Wildman–Crippen LogP) is 2.61. The van der Waals surface area contributed by atoms with Gasteiger partial charge in [0.15, 0.2) is 0 Å². The first-order chi connectivity index (χ1) is 14.2. The van der Waals surface area contributed by atoms with Crippen LogP contribution in [-0.4, -0.2) is 83.1 Å². The topological polar surface area (TPSA) is 65.7 Å². The molecule has 0 N–H and O–H groups in total. The van der Waals surface area contributed by atoms with Gasteiger partial charge in [0.2, 0.25) is 17.6 Å². The molecule has 158 valence electrons. The zero-order valence-electron chi connectivity index (χ0n) is 17.3. The van der Waals surface area contributed by atoms with Crippen molar-refractivity contribution in [3.63, 3.8) is 0 Å². The van der Waals surface area contributed by atoms with E-state index in [0.717, 1.165) is 82.3 Å². The zero-order valence-corrected chi connectivity index (χ0v) is 18.1. The molecule has 2 aliphatic rings. The molecule has 2 aromatic heterocycles. The van der Waals surface area contributed by atoms with E-state index in [1.54, 1.807) is 11.3 Å². The van der Waals surface area contributed by atoms with Gasteiger partial charge in [0.1, 0.15) is 0 Å². The Hall–Kier alpha value is -1.77. The highest BCUT2D eigenvalue weighted by atomic mass is 32.1. The minimum Gasteiger partial charge on any atom is -0.342 e. The van der Waals surface area contributed by atoms with Crippen molar-refractivity contribution in [1.29, 1.82) is 0 Å². The summed E-state index contributed by atoms with van der Waals surface area (Å²) in [5.74, 6) is 2.48. The van der Waals surface area contributed by atoms with Crippen molar-refractivity contribution in [2.24, 2.45) is 5.92 Å². The molecule has 1 amide bonds.